The second-order valence-electron chi connectivity index (χ2n) is 16.9. The third-order valence-corrected chi connectivity index (χ3v) is 11.6. The minimum absolute atomic E-state index is 0.0136. The number of sulfonamides is 1. The summed E-state index contributed by atoms with van der Waals surface area (Å²) in [6.07, 6.45) is -0.0234. The molecule has 6 rings (SSSR count). The number of nitrogens with zero attached hydrogens (tertiary/aromatic N) is 2. The molecule has 0 unspecified atom stereocenters. The van der Waals surface area contributed by atoms with E-state index in [-0.39, 0.29) is 24.3 Å². The fraction of sp³-hybridized carbons (Fsp3) is 0.386. The van der Waals surface area contributed by atoms with Gasteiger partial charge in [-0.15, -0.1) is 6.58 Å². The molecule has 1 aromatic heterocycles. The van der Waals surface area contributed by atoms with Crippen LogP contribution in [0, 0.1) is 11.3 Å². The lowest BCUT2D eigenvalue weighted by Gasteiger charge is -2.36. The number of rotatable bonds is 12. The highest BCUT2D eigenvalue weighted by atomic mass is 32.2. The van der Waals surface area contributed by atoms with Gasteiger partial charge in [0.1, 0.15) is 40.8 Å². The number of likely N-dealkylation sites (tertiary alicyclic amines) is 1. The molecule has 59 heavy (non-hydrogen) atoms. The Bertz CT molecular complexity index is 2360. The molecule has 0 bridgehead atoms. The SMILES string of the molecule is C=C[C@@H]1C[C@]1(NC(=O)[C@@H]1C[C@@H](Oc2cc(-c3ccccc3)nc3cc(OC)ccc23)CN1C(=O)[C@@H](NC(=O)OC(C)(C)C)C(C)(C)C)C(=O)NS(=O)(=O)c1ccccc1. The largest absolute Gasteiger partial charge is 0.497 e. The third kappa shape index (κ3) is 9.51. The molecule has 1 aliphatic carbocycles. The Balaban J connectivity index is 1.35. The van der Waals surface area contributed by atoms with Gasteiger partial charge in [-0.1, -0.05) is 75.4 Å². The molecule has 1 aliphatic heterocycles. The zero-order valence-corrected chi connectivity index (χ0v) is 35.1. The molecular weight excluding hydrogens is 775 g/mol. The number of methoxy groups -OCH3 is 1. The Morgan fingerprint density at radius 3 is 2.20 bits per heavy atom. The van der Waals surface area contributed by atoms with E-state index in [9.17, 15) is 27.6 Å². The number of aromatic nitrogens is 1. The Labute approximate surface area is 344 Å². The molecule has 3 N–H and O–H groups in total. The molecule has 2 heterocycles. The van der Waals surface area contributed by atoms with Gasteiger partial charge in [0.15, 0.2) is 0 Å². The van der Waals surface area contributed by atoms with Gasteiger partial charge in [-0.3, -0.25) is 14.4 Å². The van der Waals surface area contributed by atoms with Crippen molar-refractivity contribution in [2.75, 3.05) is 13.7 Å². The zero-order valence-electron chi connectivity index (χ0n) is 34.3. The molecule has 2 aliphatic rings. The van der Waals surface area contributed by atoms with Crippen LogP contribution < -0.4 is 24.8 Å². The number of ether oxygens (including phenoxy) is 3. The van der Waals surface area contributed by atoms with Gasteiger partial charge in [0.2, 0.25) is 11.8 Å². The molecule has 4 amide bonds. The maximum atomic E-state index is 14.7. The number of hydrogen-bond acceptors (Lipinski definition) is 10. The van der Waals surface area contributed by atoms with E-state index in [0.29, 0.717) is 28.1 Å². The predicted octanol–water partition coefficient (Wildman–Crippen LogP) is 5.76. The molecule has 0 spiro atoms. The Morgan fingerprint density at radius 2 is 1.61 bits per heavy atom. The van der Waals surface area contributed by atoms with Crippen molar-refractivity contribution in [2.45, 2.75) is 88.6 Å². The Kier molecular flexibility index (Phi) is 11.8. The second-order valence-corrected chi connectivity index (χ2v) is 18.6. The van der Waals surface area contributed by atoms with Crippen LogP contribution in [-0.4, -0.2) is 85.1 Å². The molecular formula is C44H51N5O9S. The summed E-state index contributed by atoms with van der Waals surface area (Å²) in [6, 6.07) is 21.8. The van der Waals surface area contributed by atoms with Crippen LogP contribution >= 0.6 is 0 Å². The number of nitrogens with one attached hydrogen (secondary N) is 3. The van der Waals surface area contributed by atoms with Crippen LogP contribution in [0.15, 0.2) is 102 Å². The molecule has 15 heteroatoms. The van der Waals surface area contributed by atoms with Gasteiger partial charge < -0.3 is 29.7 Å². The van der Waals surface area contributed by atoms with E-state index in [1.165, 1.54) is 35.2 Å². The molecule has 1 saturated heterocycles. The maximum Gasteiger partial charge on any atom is 0.408 e. The van der Waals surface area contributed by atoms with Crippen LogP contribution in [0.2, 0.25) is 0 Å². The number of amides is 4. The second kappa shape index (κ2) is 16.4. The summed E-state index contributed by atoms with van der Waals surface area (Å²) >= 11 is 0. The van der Waals surface area contributed by atoms with Crippen LogP contribution in [0.5, 0.6) is 11.5 Å². The van der Waals surface area contributed by atoms with Gasteiger partial charge in [0.25, 0.3) is 15.9 Å². The Hall–Kier alpha value is -5.96. The number of fused-ring (bicyclic) bond motifs is 1. The van der Waals surface area contributed by atoms with Crippen molar-refractivity contribution in [3.63, 3.8) is 0 Å². The first-order chi connectivity index (χ1) is 27.7. The van der Waals surface area contributed by atoms with Gasteiger partial charge in [0.05, 0.1) is 29.8 Å². The summed E-state index contributed by atoms with van der Waals surface area (Å²) < 4.78 is 46.2. The summed E-state index contributed by atoms with van der Waals surface area (Å²) in [6.45, 7) is 14.2. The van der Waals surface area contributed by atoms with Crippen molar-refractivity contribution in [1.29, 1.82) is 0 Å². The molecule has 0 radical (unpaired) electrons. The van der Waals surface area contributed by atoms with E-state index in [1.807, 2.05) is 36.4 Å². The first-order valence-corrected chi connectivity index (χ1v) is 20.8. The summed E-state index contributed by atoms with van der Waals surface area (Å²) in [7, 11) is -2.73. The van der Waals surface area contributed by atoms with Crippen LogP contribution in [0.1, 0.15) is 54.4 Å². The van der Waals surface area contributed by atoms with Gasteiger partial charge in [-0.2, -0.15) is 0 Å². The third-order valence-electron chi connectivity index (χ3n) is 10.3. The molecule has 4 aromatic rings. The van der Waals surface area contributed by atoms with E-state index in [4.69, 9.17) is 19.2 Å². The standard InChI is InChI=1S/C44H51N5O9S/c1-9-28-25-44(28,40(52)48-59(54,55)31-18-14-11-15-19-31)47-38(50)35-23-30(26-49(35)39(51)37(42(2,3)4)46-41(53)58-43(5,6)7)57-36-24-33(27-16-12-10-13-17-27)45-34-22-29(56-8)20-21-32(34)36/h9-22,24,28,30,35,37H,1,23,25-26H2,2-8H3,(H,46,53)(H,47,50)(H,48,52)/t28-,30-,35+,37-,44-/m1/s1. The molecule has 3 aromatic carbocycles. The van der Waals surface area contributed by atoms with Crippen molar-refractivity contribution >= 4 is 44.7 Å². The summed E-state index contributed by atoms with van der Waals surface area (Å²) in [5, 5.41) is 6.19. The normalized spacial score (nSPS) is 20.9. The number of carbonyl (C=O) groups is 4. The minimum atomic E-state index is -4.29. The molecule has 14 nitrogen and oxygen atoms in total. The molecule has 1 saturated carbocycles. The average Bonchev–Trinajstić information content (AvgIpc) is 3.74. The summed E-state index contributed by atoms with van der Waals surface area (Å²) in [4.78, 5) is 62.3. The number of alkyl carbamates (subject to hydrolysis) is 1. The number of pyridine rings is 1. The minimum Gasteiger partial charge on any atom is -0.497 e. The lowest BCUT2D eigenvalue weighted by molar-refractivity contribution is -0.143. The predicted molar refractivity (Wildman–Crippen MR) is 222 cm³/mol. The lowest BCUT2D eigenvalue weighted by Crippen LogP contribution is -2.60. The maximum absolute atomic E-state index is 14.7. The monoisotopic (exact) mass is 825 g/mol. The highest BCUT2D eigenvalue weighted by Crippen LogP contribution is 2.45. The topological polar surface area (TPSA) is 182 Å². The van der Waals surface area contributed by atoms with E-state index < -0.39 is 74.5 Å². The van der Waals surface area contributed by atoms with Crippen molar-refractivity contribution < 1.29 is 41.8 Å². The summed E-state index contributed by atoms with van der Waals surface area (Å²) in [5.41, 5.74) is -1.30. The van der Waals surface area contributed by atoms with E-state index in [1.54, 1.807) is 72.9 Å². The number of hydrogen-bond donors (Lipinski definition) is 3. The van der Waals surface area contributed by atoms with Gasteiger partial charge in [-0.25, -0.2) is 22.9 Å². The van der Waals surface area contributed by atoms with Crippen molar-refractivity contribution in [3.05, 3.63) is 97.6 Å². The van der Waals surface area contributed by atoms with E-state index in [2.05, 4.69) is 21.9 Å². The van der Waals surface area contributed by atoms with Crippen LogP contribution in [0.4, 0.5) is 4.79 Å². The van der Waals surface area contributed by atoms with Crippen molar-refractivity contribution in [3.8, 4) is 22.8 Å². The molecule has 5 atom stereocenters. The quantitative estimate of drug-likeness (QED) is 0.149. The van der Waals surface area contributed by atoms with E-state index >= 15 is 0 Å². The van der Waals surface area contributed by atoms with Crippen LogP contribution in [0.3, 0.4) is 0 Å². The fourth-order valence-corrected chi connectivity index (χ4v) is 8.22. The van der Waals surface area contributed by atoms with Crippen molar-refractivity contribution in [2.24, 2.45) is 11.3 Å². The van der Waals surface area contributed by atoms with Crippen LogP contribution in [-0.2, 0) is 29.1 Å². The van der Waals surface area contributed by atoms with Crippen molar-refractivity contribution in [1.82, 2.24) is 25.2 Å². The highest BCUT2D eigenvalue weighted by molar-refractivity contribution is 7.90. The average molecular weight is 826 g/mol. The van der Waals surface area contributed by atoms with Gasteiger partial charge in [0, 0.05) is 35.4 Å². The van der Waals surface area contributed by atoms with E-state index in [0.717, 1.165) is 5.56 Å². The van der Waals surface area contributed by atoms with Gasteiger partial charge >= 0.3 is 6.09 Å². The molecule has 312 valence electrons. The Morgan fingerprint density at radius 1 is 0.949 bits per heavy atom. The number of benzene rings is 3. The first kappa shape index (κ1) is 42.6. The van der Waals surface area contributed by atoms with Gasteiger partial charge in [-0.05, 0) is 56.9 Å². The lowest BCUT2D eigenvalue weighted by atomic mass is 9.85. The number of carbonyl (C=O) groups excluding carboxylic acids is 4. The highest BCUT2D eigenvalue weighted by Gasteiger charge is 2.61. The summed E-state index contributed by atoms with van der Waals surface area (Å²) in [5.74, 6) is -1.78. The smallest absolute Gasteiger partial charge is 0.408 e. The van der Waals surface area contributed by atoms with Crippen LogP contribution in [0.25, 0.3) is 22.2 Å². The first-order valence-electron chi connectivity index (χ1n) is 19.3. The zero-order chi connectivity index (χ0) is 42.9. The fourth-order valence-electron chi connectivity index (χ4n) is 7.16. The molecule has 2 fully saturated rings.